The Labute approximate surface area is 361 Å². The molecule has 1 amide bonds. The molecule has 10 rings (SSSR count). The van der Waals surface area contributed by atoms with E-state index in [1.807, 2.05) is 43.6 Å². The summed E-state index contributed by atoms with van der Waals surface area (Å²) < 4.78 is 28.8. The average molecular weight is 854 g/mol. The number of aryl methyl sites for hydroxylation is 1. The summed E-state index contributed by atoms with van der Waals surface area (Å²) in [6.45, 7) is 6.35. The summed E-state index contributed by atoms with van der Waals surface area (Å²) in [4.78, 5) is 40.0. The Balaban J connectivity index is 1.03. The third-order valence-electron chi connectivity index (χ3n) is 13.3. The van der Waals surface area contributed by atoms with Crippen LogP contribution in [-0.2, 0) is 9.84 Å². The van der Waals surface area contributed by atoms with E-state index in [9.17, 15) is 13.2 Å². The minimum Gasteiger partial charge on any atom is -0.345 e. The molecule has 2 saturated carbocycles. The van der Waals surface area contributed by atoms with Crippen molar-refractivity contribution in [3.05, 3.63) is 89.8 Å². The SMILES string of the molecule is CC[C@@H]1c2nnc(C)n2-c2cnc(-c3cccc(C(=O)N(C)C)c3)nc2N1C1CCC(c2nnc3n2-c2cnc(-c4ccc(S(C)(=O)=O)cc4)nc2N(C2CCCC2)[C@@H]3CC)C1. The van der Waals surface area contributed by atoms with Crippen molar-refractivity contribution >= 4 is 27.4 Å². The standard InChI is InChI=1S/C45H51N13O3S/c1-7-34-43-52-50-26(3)55(43)36-24-47-39(28-12-11-13-30(22-28)45(59)54(4)5)49-41(36)57(34)32-19-16-29(23-32)40-51-53-44-35(8-2)56(31-14-9-10-15-31)42-37(58(40)44)25-46-38(48-42)27-17-20-33(21-18-27)62(6,60)61/h11-13,17-18,20-22,24-25,29,31-32,34-35H,7-10,14-16,19,23H2,1-6H3/t29?,32?,34-,35-/m1/s1. The minimum atomic E-state index is -3.34. The van der Waals surface area contributed by atoms with Gasteiger partial charge in [-0.3, -0.25) is 13.9 Å². The van der Waals surface area contributed by atoms with Crippen molar-refractivity contribution in [3.8, 4) is 34.2 Å². The highest BCUT2D eigenvalue weighted by atomic mass is 32.2. The number of rotatable bonds is 9. The molecular formula is C45H51N13O3S. The zero-order valence-electron chi connectivity index (χ0n) is 36.0. The third kappa shape index (κ3) is 6.54. The van der Waals surface area contributed by atoms with Crippen molar-refractivity contribution < 1.29 is 13.2 Å². The van der Waals surface area contributed by atoms with Gasteiger partial charge in [-0.25, -0.2) is 28.4 Å². The van der Waals surface area contributed by atoms with Crippen molar-refractivity contribution in [1.29, 1.82) is 0 Å². The molecule has 2 aliphatic heterocycles. The predicted molar refractivity (Wildman–Crippen MR) is 234 cm³/mol. The van der Waals surface area contributed by atoms with Crippen LogP contribution in [0.25, 0.3) is 34.2 Å². The smallest absolute Gasteiger partial charge is 0.253 e. The number of anilines is 2. The normalized spacial score (nSPS) is 20.8. The van der Waals surface area contributed by atoms with E-state index in [0.717, 1.165) is 102 Å². The number of sulfone groups is 1. The van der Waals surface area contributed by atoms with Crippen LogP contribution in [0.1, 0.15) is 123 Å². The molecule has 2 aromatic carbocycles. The Morgan fingerprint density at radius 1 is 0.726 bits per heavy atom. The fourth-order valence-corrected chi connectivity index (χ4v) is 11.0. The van der Waals surface area contributed by atoms with E-state index in [4.69, 9.17) is 35.2 Å². The first-order chi connectivity index (χ1) is 29.9. The maximum atomic E-state index is 12.9. The molecule has 17 heteroatoms. The van der Waals surface area contributed by atoms with Gasteiger partial charge in [0.05, 0.1) is 29.4 Å². The van der Waals surface area contributed by atoms with Crippen molar-refractivity contribution in [2.75, 3.05) is 30.2 Å². The Hall–Kier alpha value is -6.10. The molecule has 4 aromatic heterocycles. The van der Waals surface area contributed by atoms with Crippen LogP contribution in [0.5, 0.6) is 0 Å². The summed E-state index contributed by atoms with van der Waals surface area (Å²) in [5.74, 6) is 6.29. The zero-order valence-corrected chi connectivity index (χ0v) is 36.8. The largest absolute Gasteiger partial charge is 0.345 e. The van der Waals surface area contributed by atoms with E-state index in [1.165, 1.54) is 19.1 Å². The van der Waals surface area contributed by atoms with Gasteiger partial charge in [-0.2, -0.15) is 0 Å². The first kappa shape index (κ1) is 40.0. The number of amides is 1. The van der Waals surface area contributed by atoms with E-state index in [1.54, 1.807) is 43.3 Å². The van der Waals surface area contributed by atoms with Gasteiger partial charge in [-0.15, -0.1) is 20.4 Å². The summed E-state index contributed by atoms with van der Waals surface area (Å²) in [5, 5.41) is 19.2. The number of aromatic nitrogens is 10. The van der Waals surface area contributed by atoms with Crippen molar-refractivity contribution in [2.24, 2.45) is 0 Å². The number of nitrogens with zero attached hydrogens (tertiary/aromatic N) is 13. The van der Waals surface area contributed by atoms with Crippen molar-refractivity contribution in [2.45, 2.75) is 114 Å². The van der Waals surface area contributed by atoms with Gasteiger partial charge < -0.3 is 14.7 Å². The molecule has 62 heavy (non-hydrogen) atoms. The lowest BCUT2D eigenvalue weighted by Gasteiger charge is -2.41. The second-order valence-electron chi connectivity index (χ2n) is 17.3. The summed E-state index contributed by atoms with van der Waals surface area (Å²) in [6.07, 6.45) is 13.7. The molecule has 4 atom stereocenters. The number of fused-ring (bicyclic) bond motifs is 6. The van der Waals surface area contributed by atoms with Crippen LogP contribution in [-0.4, -0.2) is 101 Å². The molecule has 0 N–H and O–H groups in total. The lowest BCUT2D eigenvalue weighted by atomic mass is 10.0. The molecule has 16 nitrogen and oxygen atoms in total. The number of hydrogen-bond donors (Lipinski definition) is 0. The Morgan fingerprint density at radius 3 is 1.97 bits per heavy atom. The number of benzene rings is 2. The van der Waals surface area contributed by atoms with Crippen LogP contribution >= 0.6 is 0 Å². The molecular weight excluding hydrogens is 803 g/mol. The summed E-state index contributed by atoms with van der Waals surface area (Å²) in [6, 6.07) is 14.6. The quantitative estimate of drug-likeness (QED) is 0.146. The predicted octanol–water partition coefficient (Wildman–Crippen LogP) is 7.00. The number of carbonyl (C=O) groups excluding carboxylic acids is 1. The molecule has 2 aliphatic carbocycles. The lowest BCUT2D eigenvalue weighted by Crippen LogP contribution is -2.42. The number of carbonyl (C=O) groups is 1. The van der Waals surface area contributed by atoms with E-state index in [-0.39, 0.29) is 34.8 Å². The van der Waals surface area contributed by atoms with E-state index < -0.39 is 9.84 Å². The minimum absolute atomic E-state index is 0.0194. The molecule has 0 radical (unpaired) electrons. The van der Waals surface area contributed by atoms with Gasteiger partial charge in [-0.05, 0) is 88.3 Å². The second kappa shape index (κ2) is 15.4. The summed E-state index contributed by atoms with van der Waals surface area (Å²) in [7, 11) is 0.153. The van der Waals surface area contributed by atoms with Gasteiger partial charge in [0, 0.05) is 55.0 Å². The first-order valence-corrected chi connectivity index (χ1v) is 23.6. The van der Waals surface area contributed by atoms with Crippen molar-refractivity contribution in [1.82, 2.24) is 54.4 Å². The van der Waals surface area contributed by atoms with Crippen LogP contribution in [0.4, 0.5) is 11.6 Å². The topological polar surface area (TPSA) is 174 Å². The highest BCUT2D eigenvalue weighted by molar-refractivity contribution is 7.90. The summed E-state index contributed by atoms with van der Waals surface area (Å²) >= 11 is 0. The van der Waals surface area contributed by atoms with E-state index in [0.29, 0.717) is 23.3 Å². The van der Waals surface area contributed by atoms with Gasteiger partial charge in [0.1, 0.15) is 23.0 Å². The molecule has 0 saturated heterocycles. The molecule has 0 spiro atoms. The highest BCUT2D eigenvalue weighted by Crippen LogP contribution is 2.49. The first-order valence-electron chi connectivity index (χ1n) is 21.8. The van der Waals surface area contributed by atoms with Gasteiger partial charge in [0.15, 0.2) is 44.8 Å². The Kier molecular flexibility index (Phi) is 9.91. The molecule has 4 aliphatic rings. The van der Waals surface area contributed by atoms with Crippen LogP contribution in [0.2, 0.25) is 0 Å². The maximum Gasteiger partial charge on any atom is 0.253 e. The molecule has 6 aromatic rings. The van der Waals surface area contributed by atoms with Gasteiger partial charge >= 0.3 is 0 Å². The molecule has 6 heterocycles. The van der Waals surface area contributed by atoms with Crippen molar-refractivity contribution in [3.63, 3.8) is 0 Å². The van der Waals surface area contributed by atoms with Crippen LogP contribution in [0.15, 0.2) is 65.8 Å². The second-order valence-corrected chi connectivity index (χ2v) is 19.4. The molecule has 2 fully saturated rings. The number of hydrogen-bond acceptors (Lipinski definition) is 13. The van der Waals surface area contributed by atoms with Crippen LogP contribution in [0.3, 0.4) is 0 Å². The monoisotopic (exact) mass is 853 g/mol. The Bertz CT molecular complexity index is 2810. The average Bonchev–Trinajstić information content (AvgIpc) is 4.13. The molecule has 320 valence electrons. The van der Waals surface area contributed by atoms with E-state index >= 15 is 0 Å². The van der Waals surface area contributed by atoms with Crippen LogP contribution in [0, 0.1) is 6.92 Å². The van der Waals surface area contributed by atoms with Gasteiger partial charge in [0.2, 0.25) is 0 Å². The van der Waals surface area contributed by atoms with Gasteiger partial charge in [-0.1, -0.05) is 38.8 Å². The maximum absolute atomic E-state index is 12.9. The highest BCUT2D eigenvalue weighted by Gasteiger charge is 2.45. The molecule has 0 bridgehead atoms. The summed E-state index contributed by atoms with van der Waals surface area (Å²) in [5.41, 5.74) is 3.82. The Morgan fingerprint density at radius 2 is 1.32 bits per heavy atom. The van der Waals surface area contributed by atoms with Gasteiger partial charge in [0.25, 0.3) is 5.91 Å². The zero-order chi connectivity index (χ0) is 43.0. The van der Waals surface area contributed by atoms with Crippen LogP contribution < -0.4 is 9.80 Å². The van der Waals surface area contributed by atoms with E-state index in [2.05, 4.69) is 37.9 Å². The molecule has 2 unspecified atom stereocenters. The third-order valence-corrected chi connectivity index (χ3v) is 14.4. The lowest BCUT2D eigenvalue weighted by molar-refractivity contribution is 0.0827. The fraction of sp³-hybridized carbons (Fsp3) is 0.444. The fourth-order valence-electron chi connectivity index (χ4n) is 10.3.